The van der Waals surface area contributed by atoms with Gasteiger partial charge in [-0.25, -0.2) is 0 Å². The fourth-order valence-electron chi connectivity index (χ4n) is 8.68. The number of anilines is 3. The molecule has 8 aromatic rings. The van der Waals surface area contributed by atoms with Gasteiger partial charge in [-0.15, -0.1) is 0 Å². The lowest BCUT2D eigenvalue weighted by molar-refractivity contribution is 0.589. The number of nitrogens with zero attached hydrogens (tertiary/aromatic N) is 1. The standard InChI is InChI=1S/C50H42BNOS/c1-5-6-15-34-22-25-39-38-20-13-14-21-44(38)53-49(39)48(34)52-42-26-23-35(32-16-9-7-10-17-32)28-40(42)51-41-29-36(33-18-11-8-12-19-33)24-27-45(41)54-46-31-37(50(2,3)4)30-43(52)47(46)51/h7-14,16-31H,5-6,15H2,1-4H3. The van der Waals surface area contributed by atoms with Crippen molar-refractivity contribution in [1.82, 2.24) is 0 Å². The van der Waals surface area contributed by atoms with E-state index in [0.717, 1.165) is 35.8 Å². The summed E-state index contributed by atoms with van der Waals surface area (Å²) in [6.45, 7) is 9.37. The summed E-state index contributed by atoms with van der Waals surface area (Å²) in [5.74, 6) is 0. The van der Waals surface area contributed by atoms with Crippen LogP contribution in [0.1, 0.15) is 51.7 Å². The molecule has 0 aliphatic carbocycles. The van der Waals surface area contributed by atoms with E-state index in [2.05, 4.69) is 178 Å². The van der Waals surface area contributed by atoms with E-state index >= 15 is 0 Å². The van der Waals surface area contributed by atoms with Gasteiger partial charge in [-0.2, -0.15) is 0 Å². The normalized spacial score (nSPS) is 13.3. The van der Waals surface area contributed by atoms with E-state index < -0.39 is 0 Å². The Morgan fingerprint density at radius 2 is 1.30 bits per heavy atom. The van der Waals surface area contributed by atoms with Crippen LogP contribution < -0.4 is 21.3 Å². The third-order valence-electron chi connectivity index (χ3n) is 11.5. The Hall–Kier alpha value is -5.45. The average molecular weight is 716 g/mol. The molecule has 54 heavy (non-hydrogen) atoms. The molecule has 7 aromatic carbocycles. The van der Waals surface area contributed by atoms with Crippen molar-refractivity contribution in [2.45, 2.75) is 62.2 Å². The zero-order chi connectivity index (χ0) is 36.6. The average Bonchev–Trinajstić information content (AvgIpc) is 3.58. The first-order valence-corrected chi connectivity index (χ1v) is 20.2. The minimum Gasteiger partial charge on any atom is -0.454 e. The number of rotatable bonds is 6. The molecule has 0 unspecified atom stereocenters. The second kappa shape index (κ2) is 12.9. The van der Waals surface area contributed by atoms with Gasteiger partial charge in [0.05, 0.1) is 5.69 Å². The topological polar surface area (TPSA) is 16.4 Å². The number of benzene rings is 7. The molecule has 0 atom stereocenters. The molecule has 262 valence electrons. The maximum Gasteiger partial charge on any atom is 0.249 e. The molecule has 0 N–H and O–H groups in total. The number of hydrogen-bond donors (Lipinski definition) is 0. The van der Waals surface area contributed by atoms with Crippen LogP contribution in [0.15, 0.2) is 160 Å². The molecule has 0 radical (unpaired) electrons. The van der Waals surface area contributed by atoms with Crippen molar-refractivity contribution in [3.05, 3.63) is 157 Å². The van der Waals surface area contributed by atoms with E-state index in [0.29, 0.717) is 0 Å². The van der Waals surface area contributed by atoms with Crippen molar-refractivity contribution >= 4 is 73.9 Å². The van der Waals surface area contributed by atoms with Crippen LogP contribution in [0.2, 0.25) is 0 Å². The van der Waals surface area contributed by atoms with E-state index in [-0.39, 0.29) is 12.1 Å². The lowest BCUT2D eigenvalue weighted by Gasteiger charge is -2.42. The Bertz CT molecular complexity index is 2730. The summed E-state index contributed by atoms with van der Waals surface area (Å²) in [5.41, 5.74) is 17.2. The highest BCUT2D eigenvalue weighted by Crippen LogP contribution is 2.49. The maximum absolute atomic E-state index is 6.95. The highest BCUT2D eigenvalue weighted by atomic mass is 32.2. The molecule has 2 aliphatic heterocycles. The van der Waals surface area contributed by atoms with Crippen LogP contribution in [0.4, 0.5) is 17.1 Å². The SMILES string of the molecule is CCCCc1ccc2c(oc3ccccc32)c1N1c2ccc(-c3ccccc3)cc2B2c3cc(-c4ccccc4)ccc3Sc3cc(C(C)(C)C)cc1c32. The van der Waals surface area contributed by atoms with Crippen molar-refractivity contribution in [2.24, 2.45) is 0 Å². The van der Waals surface area contributed by atoms with Crippen LogP contribution >= 0.6 is 11.8 Å². The van der Waals surface area contributed by atoms with Crippen LogP contribution in [0.3, 0.4) is 0 Å². The lowest BCUT2D eigenvalue weighted by atomic mass is 9.34. The summed E-state index contributed by atoms with van der Waals surface area (Å²) in [4.78, 5) is 5.27. The van der Waals surface area contributed by atoms with Gasteiger partial charge in [0.1, 0.15) is 5.58 Å². The Morgan fingerprint density at radius 1 is 0.611 bits per heavy atom. The summed E-state index contributed by atoms with van der Waals surface area (Å²) >= 11 is 1.93. The van der Waals surface area contributed by atoms with Gasteiger partial charge in [0.15, 0.2) is 5.58 Å². The van der Waals surface area contributed by atoms with Gasteiger partial charge < -0.3 is 9.32 Å². The highest BCUT2D eigenvalue weighted by molar-refractivity contribution is 8.00. The molecule has 0 saturated heterocycles. The Labute approximate surface area is 322 Å². The number of para-hydroxylation sites is 1. The summed E-state index contributed by atoms with van der Waals surface area (Å²) in [7, 11) is 0. The van der Waals surface area contributed by atoms with E-state index in [9.17, 15) is 0 Å². The van der Waals surface area contributed by atoms with Crippen molar-refractivity contribution in [3.63, 3.8) is 0 Å². The van der Waals surface area contributed by atoms with Crippen molar-refractivity contribution < 1.29 is 4.42 Å². The summed E-state index contributed by atoms with van der Waals surface area (Å²) in [6.07, 6.45) is 3.22. The second-order valence-electron chi connectivity index (χ2n) is 15.9. The van der Waals surface area contributed by atoms with Gasteiger partial charge in [0.2, 0.25) is 6.71 Å². The van der Waals surface area contributed by atoms with Crippen LogP contribution in [-0.2, 0) is 11.8 Å². The fourth-order valence-corrected chi connectivity index (χ4v) is 9.86. The van der Waals surface area contributed by atoms with Crippen molar-refractivity contribution in [2.75, 3.05) is 4.90 Å². The first-order valence-electron chi connectivity index (χ1n) is 19.4. The molecule has 4 heteroatoms. The molecular weight excluding hydrogens is 673 g/mol. The largest absolute Gasteiger partial charge is 0.454 e. The van der Waals surface area contributed by atoms with E-state index in [1.54, 1.807) is 0 Å². The Kier molecular flexibility index (Phi) is 7.89. The van der Waals surface area contributed by atoms with Crippen LogP contribution in [0, 0.1) is 0 Å². The van der Waals surface area contributed by atoms with Gasteiger partial charge in [0.25, 0.3) is 0 Å². The van der Waals surface area contributed by atoms with Crippen LogP contribution in [0.25, 0.3) is 44.2 Å². The molecule has 1 aromatic heterocycles. The minimum atomic E-state index is -0.0431. The first kappa shape index (κ1) is 33.1. The van der Waals surface area contributed by atoms with E-state index in [4.69, 9.17) is 4.42 Å². The number of unbranched alkanes of at least 4 members (excludes halogenated alkanes) is 1. The molecule has 0 fully saturated rings. The summed E-state index contributed by atoms with van der Waals surface area (Å²) < 4.78 is 6.95. The second-order valence-corrected chi connectivity index (χ2v) is 17.0. The smallest absolute Gasteiger partial charge is 0.249 e. The van der Waals surface area contributed by atoms with Crippen molar-refractivity contribution in [3.8, 4) is 22.3 Å². The number of furan rings is 1. The van der Waals surface area contributed by atoms with E-state index in [1.807, 2.05) is 11.8 Å². The predicted molar refractivity (Wildman–Crippen MR) is 232 cm³/mol. The third-order valence-corrected chi connectivity index (χ3v) is 12.6. The molecule has 10 rings (SSSR count). The number of aryl methyl sites for hydroxylation is 1. The van der Waals surface area contributed by atoms with Crippen molar-refractivity contribution in [1.29, 1.82) is 0 Å². The minimum absolute atomic E-state index is 0.0431. The van der Waals surface area contributed by atoms with Gasteiger partial charge in [-0.05, 0) is 92.9 Å². The molecule has 3 heterocycles. The van der Waals surface area contributed by atoms with E-state index in [1.165, 1.54) is 82.0 Å². The van der Waals surface area contributed by atoms with Crippen LogP contribution in [0.5, 0.6) is 0 Å². The van der Waals surface area contributed by atoms with Gasteiger partial charge in [0, 0.05) is 31.9 Å². The lowest BCUT2D eigenvalue weighted by Crippen LogP contribution is -2.60. The Morgan fingerprint density at radius 3 is 2.02 bits per heavy atom. The van der Waals surface area contributed by atoms with Gasteiger partial charge in [-0.1, -0.05) is 167 Å². The van der Waals surface area contributed by atoms with Gasteiger partial charge in [-0.3, -0.25) is 0 Å². The predicted octanol–water partition coefficient (Wildman–Crippen LogP) is 12.3. The molecule has 0 amide bonds. The first-order chi connectivity index (χ1) is 26.4. The maximum atomic E-state index is 6.95. The van der Waals surface area contributed by atoms with Gasteiger partial charge >= 0.3 is 0 Å². The molecule has 2 aliphatic rings. The monoisotopic (exact) mass is 715 g/mol. The molecule has 0 bridgehead atoms. The molecule has 2 nitrogen and oxygen atoms in total. The van der Waals surface area contributed by atoms with Crippen LogP contribution in [-0.4, -0.2) is 6.71 Å². The quantitative estimate of drug-likeness (QED) is 0.160. The summed E-state index contributed by atoms with van der Waals surface area (Å²) in [6, 6.07) is 54.1. The number of fused-ring (bicyclic) bond motifs is 7. The Balaban J connectivity index is 1.32. The summed E-state index contributed by atoms with van der Waals surface area (Å²) in [5, 5.41) is 2.33. The molecular formula is C50H42BNOS. The zero-order valence-electron chi connectivity index (χ0n) is 31.3. The molecule has 0 spiro atoms. The molecule has 0 saturated carbocycles. The highest BCUT2D eigenvalue weighted by Gasteiger charge is 2.43. The third kappa shape index (κ3) is 5.34. The zero-order valence-corrected chi connectivity index (χ0v) is 32.1. The fraction of sp³-hybridized carbons (Fsp3) is 0.160. The number of hydrogen-bond acceptors (Lipinski definition) is 3.